The van der Waals surface area contributed by atoms with Crippen molar-refractivity contribution in [2.24, 2.45) is 0 Å². The van der Waals surface area contributed by atoms with E-state index >= 15 is 0 Å². The molecule has 1 aliphatic carbocycles. The number of ketones is 1. The lowest BCUT2D eigenvalue weighted by Crippen LogP contribution is -2.49. The molecule has 1 aliphatic rings. The average molecular weight is 497 g/mol. The second kappa shape index (κ2) is 10.6. The van der Waals surface area contributed by atoms with E-state index in [1.807, 2.05) is 66.0 Å². The van der Waals surface area contributed by atoms with Crippen LogP contribution in [-0.4, -0.2) is 39.6 Å². The van der Waals surface area contributed by atoms with Gasteiger partial charge in [0.25, 0.3) is 11.8 Å². The van der Waals surface area contributed by atoms with Crippen molar-refractivity contribution in [3.63, 3.8) is 0 Å². The SMILES string of the molecule is O=C(NC1CC1)C(=O)C(Cc1ccccc1)NC(=O)c1cccnc1-c1csc(-c2ccccc2)n1. The molecule has 2 heterocycles. The maximum atomic E-state index is 13.4. The predicted molar refractivity (Wildman–Crippen MR) is 138 cm³/mol. The van der Waals surface area contributed by atoms with Crippen LogP contribution in [0.5, 0.6) is 0 Å². The molecule has 180 valence electrons. The summed E-state index contributed by atoms with van der Waals surface area (Å²) in [7, 11) is 0. The van der Waals surface area contributed by atoms with Gasteiger partial charge in [-0.05, 0) is 30.5 Å². The highest BCUT2D eigenvalue weighted by Gasteiger charge is 2.32. The standard InChI is InChI=1S/C28H24N4O3S/c33-25(27(35)30-20-13-14-20)22(16-18-8-3-1-4-9-18)31-26(34)21-12-7-15-29-24(21)23-17-36-28(32-23)19-10-5-2-6-11-19/h1-12,15,17,20,22H,13-14,16H2,(H,30,35)(H,31,34). The number of pyridine rings is 1. The van der Waals surface area contributed by atoms with Crippen molar-refractivity contribution in [1.82, 2.24) is 20.6 Å². The van der Waals surface area contributed by atoms with Crippen molar-refractivity contribution in [2.75, 3.05) is 0 Å². The molecule has 1 fully saturated rings. The van der Waals surface area contributed by atoms with E-state index in [9.17, 15) is 14.4 Å². The number of nitrogens with zero attached hydrogens (tertiary/aromatic N) is 2. The number of carbonyl (C=O) groups excluding carboxylic acids is 3. The van der Waals surface area contributed by atoms with Crippen LogP contribution in [0.2, 0.25) is 0 Å². The van der Waals surface area contributed by atoms with Crippen molar-refractivity contribution in [1.29, 1.82) is 0 Å². The summed E-state index contributed by atoms with van der Waals surface area (Å²) >= 11 is 1.46. The first-order valence-corrected chi connectivity index (χ1v) is 12.6. The lowest BCUT2D eigenvalue weighted by Gasteiger charge is -2.18. The molecule has 5 rings (SSSR count). The van der Waals surface area contributed by atoms with E-state index in [0.717, 1.165) is 29.0 Å². The van der Waals surface area contributed by atoms with Gasteiger partial charge < -0.3 is 10.6 Å². The minimum Gasteiger partial charge on any atom is -0.347 e. The molecule has 4 aromatic rings. The molecule has 1 atom stereocenters. The van der Waals surface area contributed by atoms with Gasteiger partial charge in [0.05, 0.1) is 5.56 Å². The Bertz CT molecular complexity index is 1380. The highest BCUT2D eigenvalue weighted by molar-refractivity contribution is 7.13. The number of Topliss-reactive ketones (excluding diaryl/α,β-unsaturated/α-hetero) is 1. The quantitative estimate of drug-likeness (QED) is 0.340. The molecule has 2 aromatic heterocycles. The normalized spacial score (nSPS) is 13.6. The van der Waals surface area contributed by atoms with Crippen LogP contribution in [0.15, 0.2) is 84.4 Å². The van der Waals surface area contributed by atoms with Gasteiger partial charge in [0, 0.05) is 29.6 Å². The third kappa shape index (κ3) is 5.55. The monoisotopic (exact) mass is 496 g/mol. The summed E-state index contributed by atoms with van der Waals surface area (Å²) in [6.07, 6.45) is 3.54. The van der Waals surface area contributed by atoms with Crippen molar-refractivity contribution in [3.8, 4) is 22.0 Å². The Hall–Kier alpha value is -4.17. The van der Waals surface area contributed by atoms with Gasteiger partial charge in [0.15, 0.2) is 0 Å². The van der Waals surface area contributed by atoms with Crippen LogP contribution in [0.25, 0.3) is 22.0 Å². The summed E-state index contributed by atoms with van der Waals surface area (Å²) in [6.45, 7) is 0. The minimum atomic E-state index is -1.01. The summed E-state index contributed by atoms with van der Waals surface area (Å²) in [6, 6.07) is 21.4. The third-order valence-electron chi connectivity index (χ3n) is 5.86. The molecule has 0 radical (unpaired) electrons. The van der Waals surface area contributed by atoms with Crippen molar-refractivity contribution >= 4 is 28.9 Å². The lowest BCUT2D eigenvalue weighted by molar-refractivity contribution is -0.139. The van der Waals surface area contributed by atoms with Crippen LogP contribution in [0.1, 0.15) is 28.8 Å². The van der Waals surface area contributed by atoms with Gasteiger partial charge in [-0.25, -0.2) is 4.98 Å². The second-order valence-electron chi connectivity index (χ2n) is 8.63. The van der Waals surface area contributed by atoms with Crippen LogP contribution in [-0.2, 0) is 16.0 Å². The predicted octanol–water partition coefficient (Wildman–Crippen LogP) is 4.06. The molecule has 2 amide bonds. The minimum absolute atomic E-state index is 0.0444. The molecule has 0 aliphatic heterocycles. The van der Waals surface area contributed by atoms with Crippen LogP contribution in [0.3, 0.4) is 0 Å². The Morgan fingerprint density at radius 2 is 1.67 bits per heavy atom. The Morgan fingerprint density at radius 1 is 0.944 bits per heavy atom. The first-order valence-electron chi connectivity index (χ1n) is 11.7. The van der Waals surface area contributed by atoms with Gasteiger partial charge in [-0.1, -0.05) is 60.7 Å². The van der Waals surface area contributed by atoms with Crippen LogP contribution >= 0.6 is 11.3 Å². The first-order chi connectivity index (χ1) is 17.6. The second-order valence-corrected chi connectivity index (χ2v) is 9.49. The molecule has 2 N–H and O–H groups in total. The third-order valence-corrected chi connectivity index (χ3v) is 6.75. The Morgan fingerprint density at radius 3 is 2.39 bits per heavy atom. The van der Waals surface area contributed by atoms with Gasteiger partial charge in [-0.2, -0.15) is 0 Å². The smallest absolute Gasteiger partial charge is 0.289 e. The largest absolute Gasteiger partial charge is 0.347 e. The Balaban J connectivity index is 1.40. The molecule has 7 nitrogen and oxygen atoms in total. The maximum Gasteiger partial charge on any atom is 0.289 e. The number of hydrogen-bond acceptors (Lipinski definition) is 6. The fourth-order valence-electron chi connectivity index (χ4n) is 3.83. The number of aromatic nitrogens is 2. The molecule has 1 unspecified atom stereocenters. The fourth-order valence-corrected chi connectivity index (χ4v) is 4.64. The number of thiazole rings is 1. The molecule has 0 spiro atoms. The van der Waals surface area contributed by atoms with Gasteiger partial charge in [0.2, 0.25) is 5.78 Å². The van der Waals surface area contributed by atoms with Crippen LogP contribution < -0.4 is 10.6 Å². The average Bonchev–Trinajstić information content (AvgIpc) is 3.60. The summed E-state index contributed by atoms with van der Waals surface area (Å²) in [5.74, 6) is -1.82. The maximum absolute atomic E-state index is 13.4. The molecule has 8 heteroatoms. The summed E-state index contributed by atoms with van der Waals surface area (Å²) in [4.78, 5) is 48.1. The first kappa shape index (κ1) is 23.6. The summed E-state index contributed by atoms with van der Waals surface area (Å²) < 4.78 is 0. The number of amides is 2. The Labute approximate surface area is 212 Å². The number of benzene rings is 2. The fraction of sp³-hybridized carbons (Fsp3) is 0.179. The van der Waals surface area contributed by atoms with E-state index in [2.05, 4.69) is 20.6 Å². The van der Waals surface area contributed by atoms with E-state index in [1.54, 1.807) is 18.3 Å². The highest BCUT2D eigenvalue weighted by Crippen LogP contribution is 2.29. The van der Waals surface area contributed by atoms with Crippen molar-refractivity contribution in [2.45, 2.75) is 31.3 Å². The number of hydrogen-bond donors (Lipinski definition) is 2. The topological polar surface area (TPSA) is 101 Å². The van der Waals surface area contributed by atoms with Gasteiger partial charge in [0.1, 0.15) is 22.4 Å². The number of carbonyl (C=O) groups is 3. The zero-order valence-electron chi connectivity index (χ0n) is 19.4. The summed E-state index contributed by atoms with van der Waals surface area (Å²) in [5.41, 5.74) is 3.10. The van der Waals surface area contributed by atoms with E-state index in [0.29, 0.717) is 11.4 Å². The molecule has 36 heavy (non-hydrogen) atoms. The van der Waals surface area contributed by atoms with E-state index in [1.165, 1.54) is 11.3 Å². The highest BCUT2D eigenvalue weighted by atomic mass is 32.1. The zero-order chi connectivity index (χ0) is 24.9. The molecule has 2 aromatic carbocycles. The van der Waals surface area contributed by atoms with Crippen molar-refractivity contribution in [3.05, 3.63) is 95.5 Å². The molecular weight excluding hydrogens is 472 g/mol. The van der Waals surface area contributed by atoms with Gasteiger partial charge >= 0.3 is 0 Å². The van der Waals surface area contributed by atoms with E-state index < -0.39 is 23.6 Å². The zero-order valence-corrected chi connectivity index (χ0v) is 20.2. The summed E-state index contributed by atoms with van der Waals surface area (Å²) in [5, 5.41) is 8.19. The molecule has 0 bridgehead atoms. The van der Waals surface area contributed by atoms with Crippen LogP contribution in [0.4, 0.5) is 0 Å². The molecule has 0 saturated heterocycles. The van der Waals surface area contributed by atoms with Gasteiger partial charge in [-0.15, -0.1) is 11.3 Å². The van der Waals surface area contributed by atoms with Gasteiger partial charge in [-0.3, -0.25) is 19.4 Å². The van der Waals surface area contributed by atoms with Crippen molar-refractivity contribution < 1.29 is 14.4 Å². The lowest BCUT2D eigenvalue weighted by atomic mass is 10.0. The van der Waals surface area contributed by atoms with E-state index in [-0.39, 0.29) is 18.0 Å². The molecular formula is C28H24N4O3S. The number of rotatable bonds is 9. The van der Waals surface area contributed by atoms with E-state index in [4.69, 9.17) is 0 Å². The number of nitrogens with one attached hydrogen (secondary N) is 2. The van der Waals surface area contributed by atoms with Crippen LogP contribution in [0, 0.1) is 0 Å². The molecule has 1 saturated carbocycles. The Kier molecular flexibility index (Phi) is 6.95.